The maximum absolute atomic E-state index is 6.70. The molecule has 63 heavy (non-hydrogen) atoms. The summed E-state index contributed by atoms with van der Waals surface area (Å²) in [6.07, 6.45) is 1.21. The Morgan fingerprint density at radius 3 is 0.651 bits per heavy atom. The Labute approximate surface area is 409 Å². The van der Waals surface area contributed by atoms with Crippen LogP contribution in [0.25, 0.3) is 0 Å². The smallest absolute Gasteiger partial charge is 0.311 e. The molecule has 0 spiro atoms. The summed E-state index contributed by atoms with van der Waals surface area (Å²) in [6, 6.07) is 5.96. The molecule has 8 nitrogen and oxygen atoms in total. The molecule has 0 aromatic rings. The minimum absolute atomic E-state index is 0. The molecule has 0 amide bonds. The lowest BCUT2D eigenvalue weighted by Crippen LogP contribution is -2.53. The monoisotopic (exact) mass is 1110 g/mol. The molecule has 380 valence electrons. The second kappa shape index (κ2) is 26.8. The van der Waals surface area contributed by atoms with Gasteiger partial charge in [0, 0.05) is 0 Å². The van der Waals surface area contributed by atoms with E-state index in [2.05, 4.69) is 210 Å². The van der Waals surface area contributed by atoms with Gasteiger partial charge in [-0.15, -0.1) is 19.7 Å². The molecule has 0 saturated heterocycles. The minimum Gasteiger partial charge on any atom is -0.456 e. The molecule has 0 unspecified atom stereocenters. The van der Waals surface area contributed by atoms with Crippen LogP contribution in [0.5, 0.6) is 0 Å². The second-order valence-electron chi connectivity index (χ2n) is 25.2. The summed E-state index contributed by atoms with van der Waals surface area (Å²) in [4.78, 5) is 0. The zero-order valence-electron chi connectivity index (χ0n) is 46.9. The molecule has 0 radical (unpaired) electrons. The van der Waals surface area contributed by atoms with Gasteiger partial charge >= 0.3 is 25.7 Å². The third-order valence-electron chi connectivity index (χ3n) is 9.24. The maximum atomic E-state index is 6.70. The molecule has 0 aliphatic carbocycles. The van der Waals surface area contributed by atoms with Crippen LogP contribution in [0, 0.1) is 0 Å². The highest BCUT2D eigenvalue weighted by Gasteiger charge is 2.43. The van der Waals surface area contributed by atoms with Crippen LogP contribution < -0.4 is 0 Å². The zero-order valence-corrected chi connectivity index (χ0v) is 59.9. The molecule has 0 aliphatic heterocycles. The standard InChI is InChI=1S/C16H44O3Si5.C15H40O3Si5.C10H24O2Si3.CH4/c1-13-14-21(5,6)18-24(11,12)19-23(9,10)16-15-22(7,8)17-20(2,3)4;1-13-20(5,6)17-23(11,12)18-22(9,10)15-14-21(7,8)16-19(2,3)4;1-9-13(3,4)11-15(7,8)12-14(5,6)10-2;/h13-16H2,1-12H3;13H,1,14-15H2,2-12H3;9-10H,1-2H2,3-8H3;1H4. The molecule has 0 rings (SSSR count). The fraction of sp³-hybridized carbons (Fsp3) is 0.857. The van der Waals surface area contributed by atoms with Gasteiger partial charge in [-0.2, -0.15) is 0 Å². The van der Waals surface area contributed by atoms with Crippen molar-refractivity contribution in [2.24, 2.45) is 0 Å². The predicted octanol–water partition coefficient (Wildman–Crippen LogP) is 16.7. The van der Waals surface area contributed by atoms with E-state index >= 15 is 0 Å². The summed E-state index contributed by atoms with van der Waals surface area (Å²) < 4.78 is 51.5. The van der Waals surface area contributed by atoms with Gasteiger partial charge in [0.2, 0.25) is 0 Å². The highest BCUT2D eigenvalue weighted by molar-refractivity contribution is 6.92. The third kappa shape index (κ3) is 41.2. The van der Waals surface area contributed by atoms with E-state index in [1.807, 2.05) is 17.1 Å². The lowest BCUT2D eigenvalue weighted by molar-refractivity contribution is 0.387. The summed E-state index contributed by atoms with van der Waals surface area (Å²) >= 11 is 0. The molecule has 0 N–H and O–H groups in total. The van der Waals surface area contributed by atoms with E-state index in [9.17, 15) is 0 Å². The van der Waals surface area contributed by atoms with Gasteiger partial charge in [0.1, 0.15) is 0 Å². The van der Waals surface area contributed by atoms with Gasteiger partial charge in [-0.3, -0.25) is 0 Å². The molecular formula is C42H112O8Si13. The SMILES string of the molecule is C.C=C[Si](C)(C)O[Si](C)(C)O[Si](C)(C)C=C.C=C[Si](C)(C)O[Si](C)(C)O[Si](C)(C)CC[Si](C)(C)O[Si](C)(C)C.CCC[Si](C)(C)O[Si](C)(C)O[Si](C)(C)CC[Si](C)(C)O[Si](C)(C)C. The molecule has 0 aliphatic rings. The molecule has 0 aromatic carbocycles. The van der Waals surface area contributed by atoms with Crippen LogP contribution in [0.1, 0.15) is 20.8 Å². The highest BCUT2D eigenvalue weighted by Crippen LogP contribution is 2.31. The lowest BCUT2D eigenvalue weighted by atomic mass is 10.6. The van der Waals surface area contributed by atoms with Crippen molar-refractivity contribution in [2.45, 2.75) is 234 Å². The Balaban J connectivity index is -0.000000422. The molecular weight excluding hydrogens is 998 g/mol. The summed E-state index contributed by atoms with van der Waals surface area (Å²) in [5, 5.41) is 0. The van der Waals surface area contributed by atoms with Crippen molar-refractivity contribution in [1.82, 2.24) is 0 Å². The second-order valence-corrected chi connectivity index (χ2v) is 79.5. The average Bonchev–Trinajstić information content (AvgIpc) is 2.94. The summed E-state index contributed by atoms with van der Waals surface area (Å²) in [7, 11) is -22.6. The fourth-order valence-corrected chi connectivity index (χ4v) is 67.7. The maximum Gasteiger partial charge on any atom is 0.311 e. The Morgan fingerprint density at radius 2 is 0.460 bits per heavy atom. The van der Waals surface area contributed by atoms with Crippen LogP contribution in [-0.4, -0.2) is 109 Å². The van der Waals surface area contributed by atoms with Crippen molar-refractivity contribution in [2.75, 3.05) is 0 Å². The third-order valence-corrected chi connectivity index (χ3v) is 54.8. The van der Waals surface area contributed by atoms with Crippen LogP contribution in [0.3, 0.4) is 0 Å². The number of hydrogen-bond donors (Lipinski definition) is 0. The molecule has 0 atom stereocenters. The quantitative estimate of drug-likeness (QED) is 0.0754. The van der Waals surface area contributed by atoms with Crippen molar-refractivity contribution in [3.05, 3.63) is 36.8 Å². The van der Waals surface area contributed by atoms with E-state index in [0.29, 0.717) is 0 Å². The van der Waals surface area contributed by atoms with Crippen molar-refractivity contribution < 1.29 is 32.9 Å². The van der Waals surface area contributed by atoms with Crippen molar-refractivity contribution in [1.29, 1.82) is 0 Å². The summed E-state index contributed by atoms with van der Waals surface area (Å²) in [6.45, 7) is 77.0. The lowest BCUT2D eigenvalue weighted by Gasteiger charge is -2.40. The van der Waals surface area contributed by atoms with Crippen LogP contribution in [0.4, 0.5) is 0 Å². The minimum atomic E-state index is -2.10. The molecule has 0 fully saturated rings. The van der Waals surface area contributed by atoms with E-state index in [1.165, 1.54) is 30.6 Å². The molecule has 0 aromatic heterocycles. The van der Waals surface area contributed by atoms with Gasteiger partial charge < -0.3 is 32.9 Å². The largest absolute Gasteiger partial charge is 0.456 e. The van der Waals surface area contributed by atoms with Gasteiger partial charge in [-0.1, -0.05) is 37.9 Å². The Hall–Kier alpha value is 1.72. The van der Waals surface area contributed by atoms with Crippen LogP contribution in [0.2, 0.25) is 214 Å². The predicted molar refractivity (Wildman–Crippen MR) is 319 cm³/mol. The molecule has 0 bridgehead atoms. The summed E-state index contributed by atoms with van der Waals surface area (Å²) in [5.74, 6) is 0. The van der Waals surface area contributed by atoms with Gasteiger partial charge in [0.25, 0.3) is 0 Å². The van der Waals surface area contributed by atoms with Gasteiger partial charge in [0.15, 0.2) is 83.2 Å². The zero-order chi connectivity index (χ0) is 50.5. The molecule has 0 saturated carbocycles. The van der Waals surface area contributed by atoms with Crippen molar-refractivity contribution in [3.8, 4) is 0 Å². The Kier molecular flexibility index (Phi) is 30.3. The van der Waals surface area contributed by atoms with E-state index in [-0.39, 0.29) is 7.43 Å². The van der Waals surface area contributed by atoms with Gasteiger partial charge in [-0.05, 0) is 214 Å². The van der Waals surface area contributed by atoms with Crippen molar-refractivity contribution >= 4 is 109 Å². The van der Waals surface area contributed by atoms with Gasteiger partial charge in [0.05, 0.1) is 0 Å². The van der Waals surface area contributed by atoms with Crippen molar-refractivity contribution in [3.63, 3.8) is 0 Å². The van der Waals surface area contributed by atoms with E-state index in [0.717, 1.165) is 6.04 Å². The number of hydrogen-bond acceptors (Lipinski definition) is 8. The Morgan fingerprint density at radius 1 is 0.286 bits per heavy atom. The average molecular weight is 1110 g/mol. The first kappa shape index (κ1) is 71.3. The van der Waals surface area contributed by atoms with Crippen LogP contribution in [-0.2, 0) is 32.9 Å². The normalized spacial score (nSPS) is 14.4. The fourth-order valence-electron chi connectivity index (χ4n) is 7.80. The Bertz CT molecular complexity index is 1330. The topological polar surface area (TPSA) is 73.8 Å². The first-order chi connectivity index (χ1) is 26.8. The van der Waals surface area contributed by atoms with E-state index in [1.54, 1.807) is 0 Å². The first-order valence-electron chi connectivity index (χ1n) is 23.3. The summed E-state index contributed by atoms with van der Waals surface area (Å²) in [5.41, 5.74) is 5.90. The highest BCUT2D eigenvalue weighted by atomic mass is 28.5. The van der Waals surface area contributed by atoms with Crippen LogP contribution >= 0.6 is 0 Å². The molecule has 0 heterocycles. The number of rotatable bonds is 27. The first-order valence-corrected chi connectivity index (χ1v) is 63.1. The van der Waals surface area contributed by atoms with E-state index < -0.39 is 109 Å². The van der Waals surface area contributed by atoms with Gasteiger partial charge in [-0.25, -0.2) is 0 Å². The molecule has 21 heteroatoms. The van der Waals surface area contributed by atoms with Crippen LogP contribution in [0.15, 0.2) is 36.8 Å². The van der Waals surface area contributed by atoms with E-state index in [4.69, 9.17) is 32.9 Å².